The van der Waals surface area contributed by atoms with Crippen molar-refractivity contribution in [2.45, 2.75) is 45.6 Å². The Bertz CT molecular complexity index is 353. The maximum atomic E-state index is 11.0. The van der Waals surface area contributed by atoms with Gasteiger partial charge in [-0.1, -0.05) is 26.0 Å². The molecule has 18 heavy (non-hydrogen) atoms. The van der Waals surface area contributed by atoms with Crippen LogP contribution < -0.4 is 4.74 Å². The summed E-state index contributed by atoms with van der Waals surface area (Å²) < 4.78 is 10.4. The lowest BCUT2D eigenvalue weighted by Gasteiger charge is -2.15. The van der Waals surface area contributed by atoms with Crippen molar-refractivity contribution in [1.29, 1.82) is 0 Å². The Morgan fingerprint density at radius 3 is 2.28 bits per heavy atom. The van der Waals surface area contributed by atoms with Gasteiger partial charge in [-0.3, -0.25) is 4.79 Å². The van der Waals surface area contributed by atoms with Crippen molar-refractivity contribution in [1.82, 2.24) is 0 Å². The van der Waals surface area contributed by atoms with E-state index in [1.165, 1.54) is 7.11 Å². The van der Waals surface area contributed by atoms with Crippen molar-refractivity contribution in [2.24, 2.45) is 0 Å². The molecule has 3 heteroatoms. The first-order valence-electron chi connectivity index (χ1n) is 6.52. The molecule has 3 nitrogen and oxygen atoms in total. The minimum Gasteiger partial charge on any atom is -0.490 e. The van der Waals surface area contributed by atoms with Gasteiger partial charge in [-0.15, -0.1) is 0 Å². The average Bonchev–Trinajstić information content (AvgIpc) is 2.43. The van der Waals surface area contributed by atoms with Crippen molar-refractivity contribution >= 4 is 5.97 Å². The molecule has 0 saturated heterocycles. The molecule has 0 N–H and O–H groups in total. The molecular formula is C15H22O3. The normalized spacial score (nSPS) is 10.4. The van der Waals surface area contributed by atoms with Crippen LogP contribution in [0.2, 0.25) is 0 Å². The van der Waals surface area contributed by atoms with E-state index in [2.05, 4.69) is 18.6 Å². The number of rotatable bonds is 7. The Kier molecular flexibility index (Phi) is 6.26. The predicted octanol–water partition coefficient (Wildman–Crippen LogP) is 3.36. The van der Waals surface area contributed by atoms with Gasteiger partial charge < -0.3 is 9.47 Å². The first-order valence-corrected chi connectivity index (χ1v) is 6.52. The molecule has 0 heterocycles. The molecule has 0 saturated carbocycles. The molecule has 0 aliphatic rings. The molecule has 0 radical (unpaired) electrons. The Labute approximate surface area is 109 Å². The summed E-state index contributed by atoms with van der Waals surface area (Å²) >= 11 is 0. The number of methoxy groups -OCH3 is 1. The summed E-state index contributed by atoms with van der Waals surface area (Å²) in [4.78, 5) is 11.0. The molecule has 0 bridgehead atoms. The number of hydrogen-bond donors (Lipinski definition) is 0. The van der Waals surface area contributed by atoms with Gasteiger partial charge in [-0.25, -0.2) is 0 Å². The van der Waals surface area contributed by atoms with Gasteiger partial charge in [-0.05, 0) is 37.0 Å². The zero-order chi connectivity index (χ0) is 13.4. The van der Waals surface area contributed by atoms with Gasteiger partial charge in [0.05, 0.1) is 13.2 Å². The lowest BCUT2D eigenvalue weighted by Crippen LogP contribution is -2.13. The number of carbonyl (C=O) groups is 1. The molecule has 0 aliphatic heterocycles. The monoisotopic (exact) mass is 250 g/mol. The molecule has 1 aromatic carbocycles. The first-order chi connectivity index (χ1) is 8.69. The third kappa shape index (κ3) is 4.78. The van der Waals surface area contributed by atoms with Gasteiger partial charge in [0.25, 0.3) is 0 Å². The lowest BCUT2D eigenvalue weighted by atomic mass is 10.1. The van der Waals surface area contributed by atoms with E-state index in [-0.39, 0.29) is 12.1 Å². The standard InChI is InChI=1S/C15H22O3/c1-4-13(5-2)18-14-9-6-12(7-10-14)8-11-15(16)17-3/h6-7,9-10,13H,4-5,8,11H2,1-3H3. The van der Waals surface area contributed by atoms with Gasteiger partial charge in [0.1, 0.15) is 5.75 Å². The van der Waals surface area contributed by atoms with Crippen LogP contribution in [-0.2, 0) is 16.0 Å². The third-order valence-electron chi connectivity index (χ3n) is 2.98. The highest BCUT2D eigenvalue weighted by Gasteiger charge is 2.05. The Hall–Kier alpha value is -1.51. The van der Waals surface area contributed by atoms with Crippen molar-refractivity contribution in [3.05, 3.63) is 29.8 Å². The molecule has 0 fully saturated rings. The van der Waals surface area contributed by atoms with Gasteiger partial charge in [0.15, 0.2) is 0 Å². The van der Waals surface area contributed by atoms with Crippen LogP contribution in [0.4, 0.5) is 0 Å². The summed E-state index contributed by atoms with van der Waals surface area (Å²) in [5.74, 6) is 0.720. The summed E-state index contributed by atoms with van der Waals surface area (Å²) in [7, 11) is 1.41. The van der Waals surface area contributed by atoms with Gasteiger partial charge in [-0.2, -0.15) is 0 Å². The highest BCUT2D eigenvalue weighted by Crippen LogP contribution is 2.17. The highest BCUT2D eigenvalue weighted by atomic mass is 16.5. The Morgan fingerprint density at radius 1 is 1.17 bits per heavy atom. The van der Waals surface area contributed by atoms with E-state index < -0.39 is 0 Å². The van der Waals surface area contributed by atoms with Crippen LogP contribution >= 0.6 is 0 Å². The van der Waals surface area contributed by atoms with E-state index in [1.54, 1.807) is 0 Å². The maximum absolute atomic E-state index is 11.0. The number of ether oxygens (including phenoxy) is 2. The van der Waals surface area contributed by atoms with Crippen LogP contribution in [0.3, 0.4) is 0 Å². The van der Waals surface area contributed by atoms with Crippen LogP contribution in [0.25, 0.3) is 0 Å². The molecular weight excluding hydrogens is 228 g/mol. The summed E-state index contributed by atoms with van der Waals surface area (Å²) in [6.07, 6.45) is 3.44. The molecule has 0 unspecified atom stereocenters. The zero-order valence-electron chi connectivity index (χ0n) is 11.4. The molecule has 1 aromatic rings. The quantitative estimate of drug-likeness (QED) is 0.696. The van der Waals surface area contributed by atoms with Crippen molar-refractivity contribution in [2.75, 3.05) is 7.11 Å². The SMILES string of the molecule is CCC(CC)Oc1ccc(CCC(=O)OC)cc1. The first kappa shape index (κ1) is 14.6. The van der Waals surface area contributed by atoms with Gasteiger partial charge in [0.2, 0.25) is 0 Å². The van der Waals surface area contributed by atoms with Crippen LogP contribution in [0.15, 0.2) is 24.3 Å². The number of carbonyl (C=O) groups excluding carboxylic acids is 1. The fourth-order valence-electron chi connectivity index (χ4n) is 1.73. The van der Waals surface area contributed by atoms with E-state index in [0.29, 0.717) is 12.8 Å². The number of hydrogen-bond acceptors (Lipinski definition) is 3. The number of aryl methyl sites for hydroxylation is 1. The lowest BCUT2D eigenvalue weighted by molar-refractivity contribution is -0.140. The third-order valence-corrected chi connectivity index (χ3v) is 2.98. The van der Waals surface area contributed by atoms with Crippen LogP contribution in [-0.4, -0.2) is 19.2 Å². The van der Waals surface area contributed by atoms with E-state index in [0.717, 1.165) is 24.2 Å². The van der Waals surface area contributed by atoms with E-state index in [1.807, 2.05) is 24.3 Å². The molecule has 0 aromatic heterocycles. The molecule has 0 atom stereocenters. The maximum Gasteiger partial charge on any atom is 0.305 e. The second kappa shape index (κ2) is 7.75. The topological polar surface area (TPSA) is 35.5 Å². The summed E-state index contributed by atoms with van der Waals surface area (Å²) in [6, 6.07) is 7.93. The molecule has 0 aliphatic carbocycles. The van der Waals surface area contributed by atoms with Crippen molar-refractivity contribution in [3.63, 3.8) is 0 Å². The number of esters is 1. The molecule has 1 rings (SSSR count). The van der Waals surface area contributed by atoms with Gasteiger partial charge in [0, 0.05) is 6.42 Å². The van der Waals surface area contributed by atoms with Crippen LogP contribution in [0.5, 0.6) is 5.75 Å². The zero-order valence-corrected chi connectivity index (χ0v) is 11.4. The van der Waals surface area contributed by atoms with E-state index >= 15 is 0 Å². The second-order valence-electron chi connectivity index (χ2n) is 4.28. The summed E-state index contributed by atoms with van der Waals surface area (Å²) in [6.45, 7) is 4.25. The molecule has 100 valence electrons. The average molecular weight is 250 g/mol. The smallest absolute Gasteiger partial charge is 0.305 e. The fraction of sp³-hybridized carbons (Fsp3) is 0.533. The Morgan fingerprint density at radius 2 is 1.78 bits per heavy atom. The van der Waals surface area contributed by atoms with Gasteiger partial charge >= 0.3 is 5.97 Å². The highest BCUT2D eigenvalue weighted by molar-refractivity contribution is 5.69. The predicted molar refractivity (Wildman–Crippen MR) is 71.8 cm³/mol. The molecule has 0 spiro atoms. The largest absolute Gasteiger partial charge is 0.490 e. The van der Waals surface area contributed by atoms with Crippen LogP contribution in [0, 0.1) is 0 Å². The minimum absolute atomic E-state index is 0.174. The minimum atomic E-state index is -0.174. The van der Waals surface area contributed by atoms with E-state index in [9.17, 15) is 4.79 Å². The van der Waals surface area contributed by atoms with E-state index in [4.69, 9.17) is 4.74 Å². The Balaban J connectivity index is 2.49. The second-order valence-corrected chi connectivity index (χ2v) is 4.28. The summed E-state index contributed by atoms with van der Waals surface area (Å²) in [5.41, 5.74) is 1.12. The fourth-order valence-corrected chi connectivity index (χ4v) is 1.73. The molecule has 0 amide bonds. The number of benzene rings is 1. The summed E-state index contributed by atoms with van der Waals surface area (Å²) in [5, 5.41) is 0. The van der Waals surface area contributed by atoms with Crippen molar-refractivity contribution < 1.29 is 14.3 Å². The van der Waals surface area contributed by atoms with Crippen molar-refractivity contribution in [3.8, 4) is 5.75 Å². The van der Waals surface area contributed by atoms with Crippen LogP contribution in [0.1, 0.15) is 38.7 Å².